The van der Waals surface area contributed by atoms with Crippen LogP contribution < -0.4 is 10.0 Å². The quantitative estimate of drug-likeness (QED) is 0.397. The number of rotatable bonds is 6. The normalized spacial score (nSPS) is 11.2. The van der Waals surface area contributed by atoms with Crippen LogP contribution in [0.5, 0.6) is 0 Å². The minimum Gasteiger partial charge on any atom is -0.451 e. The fraction of sp³-hybridized carbons (Fsp3) is 0.0870. The van der Waals surface area contributed by atoms with Gasteiger partial charge in [0, 0.05) is 27.7 Å². The largest absolute Gasteiger partial charge is 0.451 e. The second kappa shape index (κ2) is 9.05. The lowest BCUT2D eigenvalue weighted by molar-refractivity contribution is 0.0997. The number of aromatic nitrogens is 2. The van der Waals surface area contributed by atoms with Crippen molar-refractivity contribution in [2.75, 3.05) is 10.0 Å². The van der Waals surface area contributed by atoms with Crippen LogP contribution in [0.25, 0.3) is 11.3 Å². The third-order valence-electron chi connectivity index (χ3n) is 4.59. The van der Waals surface area contributed by atoms with E-state index in [2.05, 4.69) is 20.0 Å². The Bertz CT molecular complexity index is 1400. The number of anilines is 2. The zero-order valence-electron chi connectivity index (χ0n) is 17.7. The van der Waals surface area contributed by atoms with Gasteiger partial charge in [0.1, 0.15) is 5.76 Å². The molecule has 33 heavy (non-hydrogen) atoms. The van der Waals surface area contributed by atoms with Crippen LogP contribution in [0.3, 0.4) is 0 Å². The van der Waals surface area contributed by atoms with E-state index >= 15 is 0 Å². The number of hydrogen-bond donors (Lipinski definition) is 2. The zero-order chi connectivity index (χ0) is 23.6. The Hall–Kier alpha value is -3.69. The molecule has 168 valence electrons. The number of carbonyl (C=O) groups is 1. The molecule has 0 radical (unpaired) electrons. The minimum absolute atomic E-state index is 0.000750. The molecule has 0 aliphatic carbocycles. The number of halogens is 1. The predicted octanol–water partition coefficient (Wildman–Crippen LogP) is 5.06. The number of nitrogens with one attached hydrogen (secondary N) is 2. The summed E-state index contributed by atoms with van der Waals surface area (Å²) in [6.07, 6.45) is 0. The molecule has 2 heterocycles. The van der Waals surface area contributed by atoms with E-state index in [1.165, 1.54) is 24.3 Å². The first-order valence-electron chi connectivity index (χ1n) is 9.82. The molecular formula is C23H19ClN4O4S. The van der Waals surface area contributed by atoms with Crippen molar-refractivity contribution in [2.45, 2.75) is 18.7 Å². The lowest BCUT2D eigenvalue weighted by Gasteiger charge is -2.09. The lowest BCUT2D eigenvalue weighted by atomic mass is 10.2. The second-order valence-corrected chi connectivity index (χ2v) is 9.35. The smallest absolute Gasteiger partial charge is 0.291 e. The number of nitrogens with zero attached hydrogens (tertiary/aromatic N) is 2. The van der Waals surface area contributed by atoms with Gasteiger partial charge in [-0.2, -0.15) is 0 Å². The number of aryl methyl sites for hydroxylation is 2. The Morgan fingerprint density at radius 3 is 2.18 bits per heavy atom. The maximum atomic E-state index is 12.6. The van der Waals surface area contributed by atoms with Crippen LogP contribution >= 0.6 is 11.6 Å². The molecule has 0 atom stereocenters. The average molecular weight is 483 g/mol. The van der Waals surface area contributed by atoms with Gasteiger partial charge in [0.05, 0.1) is 4.90 Å². The molecule has 4 aromatic rings. The molecule has 4 rings (SSSR count). The Labute approximate surface area is 195 Å². The van der Waals surface area contributed by atoms with E-state index < -0.39 is 15.9 Å². The Morgan fingerprint density at radius 1 is 0.909 bits per heavy atom. The van der Waals surface area contributed by atoms with Crippen molar-refractivity contribution in [1.29, 1.82) is 0 Å². The molecular weight excluding hydrogens is 464 g/mol. The molecule has 0 saturated heterocycles. The van der Waals surface area contributed by atoms with Crippen LogP contribution in [-0.4, -0.2) is 24.3 Å². The summed E-state index contributed by atoms with van der Waals surface area (Å²) in [5.41, 5.74) is 2.49. The standard InChI is InChI=1S/C23H19ClN4O4S/c1-14-13-15(2)26-23(25-14)28-33(30,31)19-9-7-18(8-10-19)27-22(29)21-12-11-20(32-21)16-3-5-17(24)6-4-16/h3-13H,1-2H3,(H,27,29)(H,25,26,28). The third kappa shape index (κ3) is 5.39. The van der Waals surface area contributed by atoms with Gasteiger partial charge < -0.3 is 9.73 Å². The van der Waals surface area contributed by atoms with Crippen molar-refractivity contribution in [3.05, 3.63) is 88.9 Å². The molecule has 2 N–H and O–H groups in total. The summed E-state index contributed by atoms with van der Waals surface area (Å²) in [6.45, 7) is 3.50. The van der Waals surface area contributed by atoms with Crippen molar-refractivity contribution < 1.29 is 17.6 Å². The highest BCUT2D eigenvalue weighted by Gasteiger charge is 2.17. The van der Waals surface area contributed by atoms with E-state index in [0.717, 1.165) is 5.56 Å². The Kier molecular flexibility index (Phi) is 6.17. The molecule has 0 aliphatic heterocycles. The maximum Gasteiger partial charge on any atom is 0.291 e. The Balaban J connectivity index is 1.45. The van der Waals surface area contributed by atoms with Crippen molar-refractivity contribution in [2.24, 2.45) is 0 Å². The number of carbonyl (C=O) groups excluding carboxylic acids is 1. The summed E-state index contributed by atoms with van der Waals surface area (Å²) in [7, 11) is -3.89. The number of amides is 1. The van der Waals surface area contributed by atoms with Gasteiger partial charge in [-0.05, 0) is 80.6 Å². The van der Waals surface area contributed by atoms with Gasteiger partial charge in [0.15, 0.2) is 5.76 Å². The van der Waals surface area contributed by atoms with Gasteiger partial charge in [-0.3, -0.25) is 4.79 Å². The second-order valence-electron chi connectivity index (χ2n) is 7.23. The average Bonchev–Trinajstić information content (AvgIpc) is 3.24. The molecule has 0 saturated carbocycles. The van der Waals surface area contributed by atoms with Crippen LogP contribution in [0.15, 0.2) is 76.0 Å². The lowest BCUT2D eigenvalue weighted by Crippen LogP contribution is -2.16. The Morgan fingerprint density at radius 2 is 1.55 bits per heavy atom. The van der Waals surface area contributed by atoms with Gasteiger partial charge in [-0.1, -0.05) is 11.6 Å². The first-order chi connectivity index (χ1) is 15.7. The first kappa shape index (κ1) is 22.5. The molecule has 8 nitrogen and oxygen atoms in total. The molecule has 2 aromatic heterocycles. The molecule has 0 spiro atoms. The molecule has 0 aliphatic rings. The fourth-order valence-electron chi connectivity index (χ4n) is 3.09. The number of hydrogen-bond acceptors (Lipinski definition) is 6. The number of benzene rings is 2. The van der Waals surface area contributed by atoms with Gasteiger partial charge >= 0.3 is 0 Å². The van der Waals surface area contributed by atoms with E-state index in [1.54, 1.807) is 56.3 Å². The van der Waals surface area contributed by atoms with Crippen LogP contribution in [0.4, 0.5) is 11.6 Å². The SMILES string of the molecule is Cc1cc(C)nc(NS(=O)(=O)c2ccc(NC(=O)c3ccc(-c4ccc(Cl)cc4)o3)cc2)n1. The van der Waals surface area contributed by atoms with Gasteiger partial charge in [-0.25, -0.2) is 23.1 Å². The molecule has 10 heteroatoms. The molecule has 0 bridgehead atoms. The van der Waals surface area contributed by atoms with Gasteiger partial charge in [0.2, 0.25) is 5.95 Å². The minimum atomic E-state index is -3.89. The molecule has 0 fully saturated rings. The van der Waals surface area contributed by atoms with Crippen molar-refractivity contribution in [3.63, 3.8) is 0 Å². The van der Waals surface area contributed by atoms with Crippen LogP contribution in [-0.2, 0) is 10.0 Å². The summed E-state index contributed by atoms with van der Waals surface area (Å²) >= 11 is 5.89. The predicted molar refractivity (Wildman–Crippen MR) is 126 cm³/mol. The summed E-state index contributed by atoms with van der Waals surface area (Å²) in [5.74, 6) is 0.176. The van der Waals surface area contributed by atoms with Crippen molar-refractivity contribution >= 4 is 39.2 Å². The van der Waals surface area contributed by atoms with Crippen molar-refractivity contribution in [3.8, 4) is 11.3 Å². The summed E-state index contributed by atoms with van der Waals surface area (Å²) in [5, 5.41) is 3.28. The van der Waals surface area contributed by atoms with Crippen LogP contribution in [0.2, 0.25) is 5.02 Å². The maximum absolute atomic E-state index is 12.6. The molecule has 0 unspecified atom stereocenters. The van der Waals surface area contributed by atoms with E-state index in [0.29, 0.717) is 27.9 Å². The summed E-state index contributed by atoms with van der Waals surface area (Å²) in [4.78, 5) is 20.7. The van der Waals surface area contributed by atoms with Crippen LogP contribution in [0.1, 0.15) is 21.9 Å². The molecule has 1 amide bonds. The monoisotopic (exact) mass is 482 g/mol. The van der Waals surface area contributed by atoms with E-state index in [9.17, 15) is 13.2 Å². The number of furan rings is 1. The first-order valence-corrected chi connectivity index (χ1v) is 11.7. The summed E-state index contributed by atoms with van der Waals surface area (Å²) < 4.78 is 33.3. The summed E-state index contributed by atoms with van der Waals surface area (Å²) in [6, 6.07) is 17.8. The van der Waals surface area contributed by atoms with E-state index in [1.807, 2.05) is 0 Å². The van der Waals surface area contributed by atoms with Gasteiger partial charge in [-0.15, -0.1) is 0 Å². The highest BCUT2D eigenvalue weighted by atomic mass is 35.5. The van der Waals surface area contributed by atoms with Gasteiger partial charge in [0.25, 0.3) is 15.9 Å². The zero-order valence-corrected chi connectivity index (χ0v) is 19.2. The fourth-order valence-corrected chi connectivity index (χ4v) is 4.16. The van der Waals surface area contributed by atoms with Crippen molar-refractivity contribution in [1.82, 2.24) is 9.97 Å². The third-order valence-corrected chi connectivity index (χ3v) is 6.18. The highest BCUT2D eigenvalue weighted by Crippen LogP contribution is 2.24. The highest BCUT2D eigenvalue weighted by molar-refractivity contribution is 7.92. The number of sulfonamides is 1. The van der Waals surface area contributed by atoms with Crippen LogP contribution in [0, 0.1) is 13.8 Å². The molecule has 2 aromatic carbocycles. The topological polar surface area (TPSA) is 114 Å². The van der Waals surface area contributed by atoms with E-state index in [4.69, 9.17) is 16.0 Å². The van der Waals surface area contributed by atoms with E-state index in [-0.39, 0.29) is 16.6 Å².